The van der Waals surface area contributed by atoms with Crippen molar-refractivity contribution in [1.29, 1.82) is 0 Å². The largest absolute Gasteiger partial charge is 0.492 e. The van der Waals surface area contributed by atoms with Crippen molar-refractivity contribution in [3.8, 4) is 5.75 Å². The number of hydrogen-bond acceptors (Lipinski definition) is 5. The highest BCUT2D eigenvalue weighted by atomic mass is 16.5. The summed E-state index contributed by atoms with van der Waals surface area (Å²) in [5.74, 6) is 5.50. The van der Waals surface area contributed by atoms with Crippen molar-refractivity contribution in [3.05, 3.63) is 29.8 Å². The summed E-state index contributed by atoms with van der Waals surface area (Å²) in [4.78, 5) is 13.6. The minimum absolute atomic E-state index is 0.313. The highest BCUT2D eigenvalue weighted by Crippen LogP contribution is 2.12. The molecule has 1 aromatic rings. The highest BCUT2D eigenvalue weighted by molar-refractivity contribution is 5.93. The first-order chi connectivity index (χ1) is 10.1. The SMILES string of the molecule is COCCN(CCOc1ccc(C(=O)NN)cc1)C(C)C. The van der Waals surface area contributed by atoms with Crippen LogP contribution in [-0.4, -0.2) is 50.3 Å². The summed E-state index contributed by atoms with van der Waals surface area (Å²) >= 11 is 0. The fraction of sp³-hybridized carbons (Fsp3) is 0.533. The van der Waals surface area contributed by atoms with Crippen molar-refractivity contribution in [2.45, 2.75) is 19.9 Å². The van der Waals surface area contributed by atoms with Crippen LogP contribution < -0.4 is 16.0 Å². The van der Waals surface area contributed by atoms with Crippen LogP contribution in [0.4, 0.5) is 0 Å². The Morgan fingerprint density at radius 1 is 1.24 bits per heavy atom. The average molecular weight is 295 g/mol. The molecular weight excluding hydrogens is 270 g/mol. The lowest BCUT2D eigenvalue weighted by atomic mass is 10.2. The van der Waals surface area contributed by atoms with Gasteiger partial charge in [0.25, 0.3) is 5.91 Å². The number of benzene rings is 1. The maximum Gasteiger partial charge on any atom is 0.265 e. The molecule has 0 heterocycles. The van der Waals surface area contributed by atoms with Crippen LogP contribution in [0.1, 0.15) is 24.2 Å². The maximum absolute atomic E-state index is 11.3. The van der Waals surface area contributed by atoms with Crippen molar-refractivity contribution in [3.63, 3.8) is 0 Å². The van der Waals surface area contributed by atoms with Crippen LogP contribution in [0, 0.1) is 0 Å². The number of methoxy groups -OCH3 is 1. The summed E-state index contributed by atoms with van der Waals surface area (Å²) in [5, 5.41) is 0. The fourth-order valence-electron chi connectivity index (χ4n) is 1.90. The second-order valence-electron chi connectivity index (χ2n) is 4.97. The van der Waals surface area contributed by atoms with Gasteiger partial charge in [0.1, 0.15) is 12.4 Å². The summed E-state index contributed by atoms with van der Waals surface area (Å²) in [6.45, 7) is 7.30. The smallest absolute Gasteiger partial charge is 0.265 e. The van der Waals surface area contributed by atoms with E-state index >= 15 is 0 Å². The molecular formula is C15H25N3O3. The molecule has 0 unspecified atom stereocenters. The molecule has 0 aromatic heterocycles. The van der Waals surface area contributed by atoms with Crippen LogP contribution in [0.5, 0.6) is 5.75 Å². The van der Waals surface area contributed by atoms with E-state index in [0.717, 1.165) is 18.8 Å². The van der Waals surface area contributed by atoms with E-state index < -0.39 is 0 Å². The molecule has 3 N–H and O–H groups in total. The first kappa shape index (κ1) is 17.4. The number of ether oxygens (including phenoxy) is 2. The second kappa shape index (κ2) is 9.33. The third-order valence-corrected chi connectivity index (χ3v) is 3.21. The molecule has 6 heteroatoms. The number of hydrazine groups is 1. The Morgan fingerprint density at radius 2 is 1.86 bits per heavy atom. The standard InChI is InChI=1S/C15H25N3O3/c1-12(2)18(8-10-20-3)9-11-21-14-6-4-13(5-7-14)15(19)17-16/h4-7,12H,8-11,16H2,1-3H3,(H,17,19). The zero-order valence-electron chi connectivity index (χ0n) is 13.0. The van der Waals surface area contributed by atoms with E-state index in [1.54, 1.807) is 31.4 Å². The van der Waals surface area contributed by atoms with Gasteiger partial charge in [-0.15, -0.1) is 0 Å². The molecule has 1 rings (SSSR count). The number of nitrogens with one attached hydrogen (secondary N) is 1. The number of rotatable bonds is 9. The maximum atomic E-state index is 11.3. The Hall–Kier alpha value is -1.63. The van der Waals surface area contributed by atoms with Gasteiger partial charge in [-0.1, -0.05) is 0 Å². The van der Waals surface area contributed by atoms with Crippen molar-refractivity contribution in [1.82, 2.24) is 10.3 Å². The average Bonchev–Trinajstić information content (AvgIpc) is 2.50. The minimum atomic E-state index is -0.313. The Kier molecular flexibility index (Phi) is 7.74. The number of nitrogens with two attached hydrogens (primary N) is 1. The van der Waals surface area contributed by atoms with E-state index in [1.165, 1.54) is 0 Å². The predicted octanol–water partition coefficient (Wildman–Crippen LogP) is 1.03. The second-order valence-corrected chi connectivity index (χ2v) is 4.97. The van der Waals surface area contributed by atoms with Gasteiger partial charge >= 0.3 is 0 Å². The van der Waals surface area contributed by atoms with E-state index in [-0.39, 0.29) is 5.91 Å². The normalized spacial score (nSPS) is 11.0. The molecule has 0 aliphatic rings. The number of carbonyl (C=O) groups is 1. The molecule has 0 saturated carbocycles. The summed E-state index contributed by atoms with van der Waals surface area (Å²) in [7, 11) is 1.70. The zero-order chi connectivity index (χ0) is 15.7. The molecule has 0 aliphatic heterocycles. The zero-order valence-corrected chi connectivity index (χ0v) is 13.0. The van der Waals surface area contributed by atoms with E-state index in [9.17, 15) is 4.79 Å². The molecule has 0 radical (unpaired) electrons. The summed E-state index contributed by atoms with van der Waals surface area (Å²) in [6, 6.07) is 7.34. The summed E-state index contributed by atoms with van der Waals surface area (Å²) in [5.41, 5.74) is 2.60. The highest BCUT2D eigenvalue weighted by Gasteiger charge is 2.09. The molecule has 118 valence electrons. The van der Waals surface area contributed by atoms with Gasteiger partial charge < -0.3 is 9.47 Å². The van der Waals surface area contributed by atoms with Crippen molar-refractivity contribution in [2.24, 2.45) is 5.84 Å². The monoisotopic (exact) mass is 295 g/mol. The van der Waals surface area contributed by atoms with E-state index in [0.29, 0.717) is 24.8 Å². The third kappa shape index (κ3) is 6.12. The number of nitrogen functional groups attached to an aromatic ring is 1. The number of amides is 1. The van der Waals surface area contributed by atoms with Crippen LogP contribution >= 0.6 is 0 Å². The van der Waals surface area contributed by atoms with Gasteiger partial charge in [0, 0.05) is 31.8 Å². The van der Waals surface area contributed by atoms with Gasteiger partial charge in [-0.05, 0) is 38.1 Å². The quantitative estimate of drug-likeness (QED) is 0.404. The molecule has 1 amide bonds. The van der Waals surface area contributed by atoms with Crippen LogP contribution in [0.25, 0.3) is 0 Å². The lowest BCUT2D eigenvalue weighted by Crippen LogP contribution is -2.37. The topological polar surface area (TPSA) is 76.8 Å². The molecule has 0 aliphatic carbocycles. The van der Waals surface area contributed by atoms with Gasteiger partial charge in [-0.2, -0.15) is 0 Å². The molecule has 0 bridgehead atoms. The summed E-state index contributed by atoms with van der Waals surface area (Å²) < 4.78 is 10.8. The first-order valence-electron chi connectivity index (χ1n) is 7.05. The van der Waals surface area contributed by atoms with Crippen LogP contribution in [0.2, 0.25) is 0 Å². The van der Waals surface area contributed by atoms with E-state index in [1.807, 2.05) is 0 Å². The van der Waals surface area contributed by atoms with Gasteiger partial charge in [0.05, 0.1) is 6.61 Å². The van der Waals surface area contributed by atoms with Crippen LogP contribution in [0.3, 0.4) is 0 Å². The molecule has 1 aromatic carbocycles. The Morgan fingerprint density at radius 3 is 2.38 bits per heavy atom. The Labute approximate surface area is 126 Å². The van der Waals surface area contributed by atoms with E-state index in [2.05, 4.69) is 24.2 Å². The van der Waals surface area contributed by atoms with Crippen molar-refractivity contribution < 1.29 is 14.3 Å². The number of nitrogens with zero attached hydrogens (tertiary/aromatic N) is 1. The van der Waals surface area contributed by atoms with Gasteiger partial charge in [-0.3, -0.25) is 15.1 Å². The van der Waals surface area contributed by atoms with Crippen molar-refractivity contribution >= 4 is 5.91 Å². The molecule has 0 saturated heterocycles. The molecule has 6 nitrogen and oxygen atoms in total. The van der Waals surface area contributed by atoms with E-state index in [4.69, 9.17) is 15.3 Å². The number of hydrogen-bond donors (Lipinski definition) is 2. The molecule has 0 spiro atoms. The summed E-state index contributed by atoms with van der Waals surface area (Å²) in [6.07, 6.45) is 0. The molecule has 0 atom stereocenters. The fourth-order valence-corrected chi connectivity index (χ4v) is 1.90. The predicted molar refractivity (Wildman–Crippen MR) is 82.2 cm³/mol. The lowest BCUT2D eigenvalue weighted by molar-refractivity contribution is 0.0953. The first-order valence-corrected chi connectivity index (χ1v) is 7.05. The van der Waals surface area contributed by atoms with Gasteiger partial charge in [0.2, 0.25) is 0 Å². The van der Waals surface area contributed by atoms with Gasteiger partial charge in [0.15, 0.2) is 0 Å². The minimum Gasteiger partial charge on any atom is -0.492 e. The Bertz CT molecular complexity index is 421. The van der Waals surface area contributed by atoms with Gasteiger partial charge in [-0.25, -0.2) is 5.84 Å². The van der Waals surface area contributed by atoms with Crippen LogP contribution in [-0.2, 0) is 4.74 Å². The third-order valence-electron chi connectivity index (χ3n) is 3.21. The Balaban J connectivity index is 2.42. The van der Waals surface area contributed by atoms with Crippen LogP contribution in [0.15, 0.2) is 24.3 Å². The molecule has 21 heavy (non-hydrogen) atoms. The molecule has 0 fully saturated rings. The number of carbonyl (C=O) groups excluding carboxylic acids is 1. The lowest BCUT2D eigenvalue weighted by Gasteiger charge is -2.25. The van der Waals surface area contributed by atoms with Crippen molar-refractivity contribution in [2.75, 3.05) is 33.4 Å².